The van der Waals surface area contributed by atoms with E-state index >= 15 is 0 Å². The molecule has 5 aromatic rings. The molecule has 29 heavy (non-hydrogen) atoms. The van der Waals surface area contributed by atoms with Crippen LogP contribution in [-0.4, -0.2) is 21.6 Å². The molecule has 0 bridgehead atoms. The fourth-order valence-corrected chi connectivity index (χ4v) is 5.36. The van der Waals surface area contributed by atoms with E-state index in [1.807, 2.05) is 11.4 Å². The summed E-state index contributed by atoms with van der Waals surface area (Å²) in [5.74, 6) is 0.656. The molecule has 5 rings (SSSR count). The van der Waals surface area contributed by atoms with Gasteiger partial charge < -0.3 is 9.72 Å². The molecule has 4 aromatic heterocycles. The van der Waals surface area contributed by atoms with E-state index in [4.69, 9.17) is 16.3 Å². The zero-order valence-electron chi connectivity index (χ0n) is 14.9. The number of ether oxygens (including phenoxy) is 1. The van der Waals surface area contributed by atoms with Crippen molar-refractivity contribution >= 4 is 54.6 Å². The number of pyridine rings is 1. The van der Waals surface area contributed by atoms with Gasteiger partial charge in [0.25, 0.3) is 5.56 Å². The third-order valence-corrected chi connectivity index (χ3v) is 6.95. The van der Waals surface area contributed by atoms with Crippen molar-refractivity contribution in [1.29, 1.82) is 0 Å². The van der Waals surface area contributed by atoms with Crippen LogP contribution in [-0.2, 0) is 0 Å². The van der Waals surface area contributed by atoms with Gasteiger partial charge in [-0.25, -0.2) is 9.36 Å². The monoisotopic (exact) mass is 441 g/mol. The minimum absolute atomic E-state index is 0.389. The molecule has 0 aliphatic carbocycles. The summed E-state index contributed by atoms with van der Waals surface area (Å²) in [6, 6.07) is 8.95. The van der Waals surface area contributed by atoms with Crippen molar-refractivity contribution in [3.05, 3.63) is 74.0 Å². The van der Waals surface area contributed by atoms with Gasteiger partial charge in [0.2, 0.25) is 0 Å². The van der Waals surface area contributed by atoms with Crippen LogP contribution in [0.25, 0.3) is 36.4 Å². The standard InChI is InChI=1S/C20H12ClN3O3S2/c1-27-10-2-3-13(21)12(6-10)16-7-14-18(29-16)19(25)24(20(26)23-14)15-8-22-9-17-11(15)4-5-28-17/h2-9H,1H3,(H,23,26). The summed E-state index contributed by atoms with van der Waals surface area (Å²) in [5, 5.41) is 3.25. The highest BCUT2D eigenvalue weighted by Crippen LogP contribution is 2.37. The lowest BCUT2D eigenvalue weighted by molar-refractivity contribution is 0.415. The highest BCUT2D eigenvalue weighted by molar-refractivity contribution is 7.22. The lowest BCUT2D eigenvalue weighted by Crippen LogP contribution is -2.33. The summed E-state index contributed by atoms with van der Waals surface area (Å²) in [6.07, 6.45) is 3.25. The van der Waals surface area contributed by atoms with E-state index in [0.717, 1.165) is 25.1 Å². The molecular formula is C20H12ClN3O3S2. The fraction of sp³-hybridized carbons (Fsp3) is 0.0500. The summed E-state index contributed by atoms with van der Waals surface area (Å²) in [4.78, 5) is 33.8. The highest BCUT2D eigenvalue weighted by atomic mass is 35.5. The Hall–Kier alpha value is -2.94. The molecule has 0 unspecified atom stereocenters. The van der Waals surface area contributed by atoms with E-state index in [1.54, 1.807) is 37.6 Å². The number of methoxy groups -OCH3 is 1. The lowest BCUT2D eigenvalue weighted by atomic mass is 10.2. The number of benzene rings is 1. The van der Waals surface area contributed by atoms with Crippen LogP contribution in [0, 0.1) is 0 Å². The van der Waals surface area contributed by atoms with Crippen molar-refractivity contribution in [1.82, 2.24) is 14.5 Å². The summed E-state index contributed by atoms with van der Waals surface area (Å²) in [6.45, 7) is 0. The first kappa shape index (κ1) is 18.1. The number of hydrogen-bond donors (Lipinski definition) is 1. The molecule has 1 N–H and O–H groups in total. The van der Waals surface area contributed by atoms with Crippen LogP contribution < -0.4 is 16.0 Å². The molecule has 1 aromatic carbocycles. The van der Waals surface area contributed by atoms with Crippen LogP contribution in [0.1, 0.15) is 0 Å². The Bertz CT molecular complexity index is 1510. The Morgan fingerprint density at radius 2 is 2.03 bits per heavy atom. The molecule has 0 saturated heterocycles. The molecule has 0 atom stereocenters. The number of nitrogens with zero attached hydrogens (tertiary/aromatic N) is 2. The maximum absolute atomic E-state index is 13.2. The summed E-state index contributed by atoms with van der Waals surface area (Å²) >= 11 is 9.13. The molecule has 144 valence electrons. The number of aromatic nitrogens is 3. The SMILES string of the molecule is COc1ccc(Cl)c(-c2cc3[nH]c(=O)n(-c4cncc5sccc45)c(=O)c3s2)c1. The molecule has 0 aliphatic rings. The third kappa shape index (κ3) is 2.88. The number of hydrogen-bond acceptors (Lipinski definition) is 6. The Morgan fingerprint density at radius 3 is 2.86 bits per heavy atom. The minimum atomic E-state index is -0.510. The van der Waals surface area contributed by atoms with Gasteiger partial charge in [-0.15, -0.1) is 22.7 Å². The predicted molar refractivity (Wildman–Crippen MR) is 118 cm³/mol. The van der Waals surface area contributed by atoms with E-state index in [0.29, 0.717) is 26.7 Å². The molecule has 0 saturated carbocycles. The first-order valence-electron chi connectivity index (χ1n) is 8.51. The zero-order valence-corrected chi connectivity index (χ0v) is 17.3. The van der Waals surface area contributed by atoms with Crippen LogP contribution in [0.5, 0.6) is 5.75 Å². The van der Waals surface area contributed by atoms with E-state index < -0.39 is 5.69 Å². The van der Waals surface area contributed by atoms with Crippen molar-refractivity contribution in [2.75, 3.05) is 7.11 Å². The Balaban J connectivity index is 1.77. The van der Waals surface area contributed by atoms with Crippen molar-refractivity contribution in [2.24, 2.45) is 0 Å². The van der Waals surface area contributed by atoms with Gasteiger partial charge >= 0.3 is 5.69 Å². The number of H-pyrrole nitrogens is 1. The second kappa shape index (κ2) is 6.84. The summed E-state index contributed by atoms with van der Waals surface area (Å²) < 4.78 is 7.75. The molecule has 9 heteroatoms. The van der Waals surface area contributed by atoms with E-state index in [1.165, 1.54) is 28.9 Å². The van der Waals surface area contributed by atoms with Crippen LogP contribution in [0.15, 0.2) is 57.7 Å². The lowest BCUT2D eigenvalue weighted by Gasteiger charge is -2.05. The van der Waals surface area contributed by atoms with Gasteiger partial charge in [-0.1, -0.05) is 11.6 Å². The Kier molecular flexibility index (Phi) is 4.27. The number of halogens is 1. The van der Waals surface area contributed by atoms with Crippen molar-refractivity contribution in [3.8, 4) is 21.9 Å². The number of fused-ring (bicyclic) bond motifs is 2. The molecule has 0 aliphatic heterocycles. The summed E-state index contributed by atoms with van der Waals surface area (Å²) in [5.41, 5.74) is 0.774. The number of aromatic amines is 1. The van der Waals surface area contributed by atoms with Crippen LogP contribution in [0.3, 0.4) is 0 Å². The Labute approximate surface area is 176 Å². The van der Waals surface area contributed by atoms with Gasteiger partial charge in [-0.05, 0) is 35.7 Å². The van der Waals surface area contributed by atoms with Crippen molar-refractivity contribution in [3.63, 3.8) is 0 Å². The van der Waals surface area contributed by atoms with Gasteiger partial charge in [-0.2, -0.15) is 0 Å². The molecule has 0 amide bonds. The third-order valence-electron chi connectivity index (χ3n) is 4.61. The van der Waals surface area contributed by atoms with Gasteiger partial charge in [-0.3, -0.25) is 9.78 Å². The average Bonchev–Trinajstić information content (AvgIpc) is 3.36. The molecule has 0 fully saturated rings. The van der Waals surface area contributed by atoms with Gasteiger partial charge in [0.1, 0.15) is 10.4 Å². The largest absolute Gasteiger partial charge is 0.497 e. The normalized spacial score (nSPS) is 11.4. The molecule has 0 spiro atoms. The highest BCUT2D eigenvalue weighted by Gasteiger charge is 2.17. The molecule has 6 nitrogen and oxygen atoms in total. The van der Waals surface area contributed by atoms with E-state index in [-0.39, 0.29) is 5.56 Å². The maximum atomic E-state index is 13.2. The van der Waals surface area contributed by atoms with Gasteiger partial charge in [0.05, 0.1) is 29.2 Å². The number of rotatable bonds is 3. The van der Waals surface area contributed by atoms with Crippen molar-refractivity contribution in [2.45, 2.75) is 0 Å². The van der Waals surface area contributed by atoms with Gasteiger partial charge in [0, 0.05) is 27.0 Å². The predicted octanol–water partition coefficient (Wildman–Crippen LogP) is 4.68. The molecule has 4 heterocycles. The first-order valence-corrected chi connectivity index (χ1v) is 10.6. The van der Waals surface area contributed by atoms with Gasteiger partial charge in [0.15, 0.2) is 0 Å². The van der Waals surface area contributed by atoms with E-state index in [9.17, 15) is 9.59 Å². The second-order valence-corrected chi connectivity index (χ2v) is 8.67. The molecule has 0 radical (unpaired) electrons. The zero-order chi connectivity index (χ0) is 20.1. The van der Waals surface area contributed by atoms with Crippen LogP contribution >= 0.6 is 34.3 Å². The molecular weight excluding hydrogens is 430 g/mol. The number of thiophene rings is 2. The van der Waals surface area contributed by atoms with Crippen LogP contribution in [0.4, 0.5) is 0 Å². The maximum Gasteiger partial charge on any atom is 0.333 e. The van der Waals surface area contributed by atoms with E-state index in [2.05, 4.69) is 9.97 Å². The number of nitrogens with one attached hydrogen (secondary N) is 1. The van der Waals surface area contributed by atoms with Crippen molar-refractivity contribution < 1.29 is 4.74 Å². The average molecular weight is 442 g/mol. The smallest absolute Gasteiger partial charge is 0.333 e. The first-order chi connectivity index (χ1) is 14.1. The topological polar surface area (TPSA) is 77.0 Å². The van der Waals surface area contributed by atoms with Crippen LogP contribution in [0.2, 0.25) is 5.02 Å². The quantitative estimate of drug-likeness (QED) is 0.441. The fourth-order valence-electron chi connectivity index (χ4n) is 3.24. The second-order valence-electron chi connectivity index (χ2n) is 6.26. The Morgan fingerprint density at radius 1 is 1.17 bits per heavy atom. The minimum Gasteiger partial charge on any atom is -0.497 e. The summed E-state index contributed by atoms with van der Waals surface area (Å²) in [7, 11) is 1.58.